The van der Waals surface area contributed by atoms with Crippen molar-refractivity contribution in [2.24, 2.45) is 11.8 Å². The van der Waals surface area contributed by atoms with Crippen LogP contribution in [-0.2, 0) is 0 Å². The number of benzene rings is 1. The third kappa shape index (κ3) is 2.77. The van der Waals surface area contributed by atoms with Gasteiger partial charge in [0.15, 0.2) is 5.78 Å². The lowest BCUT2D eigenvalue weighted by molar-refractivity contribution is 0.0942. The van der Waals surface area contributed by atoms with Gasteiger partial charge in [0.25, 0.3) is 0 Å². The molecule has 18 heavy (non-hydrogen) atoms. The number of hydrogen-bond acceptors (Lipinski definition) is 3. The Bertz CT molecular complexity index is 462. The van der Waals surface area contributed by atoms with E-state index in [2.05, 4.69) is 24.8 Å². The summed E-state index contributed by atoms with van der Waals surface area (Å²) in [5.74, 6) is 1.47. The van der Waals surface area contributed by atoms with E-state index in [-0.39, 0.29) is 5.78 Å². The molecule has 0 radical (unpaired) electrons. The summed E-state index contributed by atoms with van der Waals surface area (Å²) in [7, 11) is 0. The minimum Gasteiger partial charge on any atom is -0.295 e. The van der Waals surface area contributed by atoms with Gasteiger partial charge < -0.3 is 0 Å². The van der Waals surface area contributed by atoms with E-state index in [1.165, 1.54) is 0 Å². The van der Waals surface area contributed by atoms with Gasteiger partial charge in [-0.15, -0.1) is 0 Å². The van der Waals surface area contributed by atoms with E-state index < -0.39 is 0 Å². The number of carbonyl (C=O) groups excluding carboxylic acids is 1. The molecule has 1 aromatic carbocycles. The van der Waals surface area contributed by atoms with Crippen LogP contribution in [0.15, 0.2) is 24.3 Å². The van der Waals surface area contributed by atoms with E-state index in [1.807, 2.05) is 0 Å². The molecule has 0 amide bonds. The normalized spacial score (nSPS) is 23.8. The fraction of sp³-hybridized carbons (Fsp3) is 0.467. The smallest absolute Gasteiger partial charge is 0.176 e. The first-order valence-corrected chi connectivity index (χ1v) is 6.36. The van der Waals surface area contributed by atoms with Crippen LogP contribution in [0.5, 0.6) is 0 Å². The second kappa shape index (κ2) is 5.32. The van der Waals surface area contributed by atoms with Crippen molar-refractivity contribution in [2.45, 2.75) is 13.8 Å². The number of nitriles is 1. The number of rotatable bonds is 3. The first-order chi connectivity index (χ1) is 8.60. The van der Waals surface area contributed by atoms with Crippen LogP contribution in [0.2, 0.25) is 0 Å². The van der Waals surface area contributed by atoms with Crippen LogP contribution in [0.4, 0.5) is 0 Å². The Labute approximate surface area is 108 Å². The van der Waals surface area contributed by atoms with E-state index >= 15 is 0 Å². The molecule has 94 valence electrons. The lowest BCUT2D eigenvalue weighted by Crippen LogP contribution is -2.28. The first-order valence-electron chi connectivity index (χ1n) is 6.36. The fourth-order valence-corrected chi connectivity index (χ4v) is 2.40. The lowest BCUT2D eigenvalue weighted by atomic mass is 10.0. The molecule has 3 heteroatoms. The number of Topliss-reactive ketones (excluding diaryl/α,β-unsaturated/α-hetero) is 1. The van der Waals surface area contributed by atoms with Crippen molar-refractivity contribution in [3.8, 4) is 6.07 Å². The molecule has 3 nitrogen and oxygen atoms in total. The summed E-state index contributed by atoms with van der Waals surface area (Å²) in [6.07, 6.45) is 0. The van der Waals surface area contributed by atoms with Crippen LogP contribution in [-0.4, -0.2) is 30.3 Å². The van der Waals surface area contributed by atoms with Gasteiger partial charge in [0, 0.05) is 18.7 Å². The molecular weight excluding hydrogens is 224 g/mol. The van der Waals surface area contributed by atoms with E-state index in [4.69, 9.17) is 5.26 Å². The van der Waals surface area contributed by atoms with Gasteiger partial charge in [-0.1, -0.05) is 26.0 Å². The molecule has 0 N–H and O–H groups in total. The number of ketones is 1. The minimum atomic E-state index is 0.140. The molecule has 1 aliphatic heterocycles. The summed E-state index contributed by atoms with van der Waals surface area (Å²) in [5.41, 5.74) is 1.29. The Kier molecular flexibility index (Phi) is 3.78. The Balaban J connectivity index is 1.98. The highest BCUT2D eigenvalue weighted by Gasteiger charge is 2.27. The summed E-state index contributed by atoms with van der Waals surface area (Å²) in [4.78, 5) is 14.3. The summed E-state index contributed by atoms with van der Waals surface area (Å²) < 4.78 is 0. The molecule has 2 rings (SSSR count). The Morgan fingerprint density at radius 3 is 2.33 bits per heavy atom. The predicted octanol–water partition coefficient (Wildman–Crippen LogP) is 2.33. The second-order valence-electron chi connectivity index (χ2n) is 5.26. The van der Waals surface area contributed by atoms with Gasteiger partial charge in [0.1, 0.15) is 0 Å². The van der Waals surface area contributed by atoms with Crippen LogP contribution in [0, 0.1) is 23.2 Å². The predicted molar refractivity (Wildman–Crippen MR) is 70.3 cm³/mol. The van der Waals surface area contributed by atoms with E-state index in [0.29, 0.717) is 29.5 Å². The van der Waals surface area contributed by atoms with Crippen LogP contribution in [0.3, 0.4) is 0 Å². The maximum atomic E-state index is 12.1. The van der Waals surface area contributed by atoms with Gasteiger partial charge in [-0.3, -0.25) is 9.69 Å². The number of hydrogen-bond donors (Lipinski definition) is 0. The third-order valence-electron chi connectivity index (χ3n) is 3.77. The van der Waals surface area contributed by atoms with Crippen LogP contribution >= 0.6 is 0 Å². The summed E-state index contributed by atoms with van der Waals surface area (Å²) in [6, 6.07) is 8.93. The topological polar surface area (TPSA) is 44.1 Å². The number of likely N-dealkylation sites (tertiary alicyclic amines) is 1. The first kappa shape index (κ1) is 12.8. The van der Waals surface area contributed by atoms with Crippen LogP contribution < -0.4 is 0 Å². The zero-order chi connectivity index (χ0) is 13.1. The molecular formula is C15H18N2O. The van der Waals surface area contributed by atoms with Crippen molar-refractivity contribution >= 4 is 5.78 Å². The van der Waals surface area contributed by atoms with Crippen molar-refractivity contribution in [3.63, 3.8) is 0 Å². The van der Waals surface area contributed by atoms with Gasteiger partial charge in [-0.25, -0.2) is 0 Å². The standard InChI is InChI=1S/C15H18N2O/c1-11-8-17(9-12(11)2)10-15(18)14-5-3-13(7-16)4-6-14/h3-6,11-12H,8-10H2,1-2H3. The van der Waals surface area contributed by atoms with Gasteiger partial charge in [0.05, 0.1) is 18.2 Å². The largest absolute Gasteiger partial charge is 0.295 e. The lowest BCUT2D eigenvalue weighted by Gasteiger charge is -2.14. The highest BCUT2D eigenvalue weighted by molar-refractivity contribution is 5.97. The average Bonchev–Trinajstić information content (AvgIpc) is 2.68. The molecule has 0 saturated carbocycles. The Hall–Kier alpha value is -1.66. The molecule has 2 unspecified atom stereocenters. The third-order valence-corrected chi connectivity index (χ3v) is 3.77. The molecule has 1 fully saturated rings. The monoisotopic (exact) mass is 242 g/mol. The molecule has 1 saturated heterocycles. The van der Waals surface area contributed by atoms with Gasteiger partial charge in [-0.05, 0) is 24.0 Å². The van der Waals surface area contributed by atoms with Crippen molar-refractivity contribution in [1.29, 1.82) is 5.26 Å². The molecule has 2 atom stereocenters. The van der Waals surface area contributed by atoms with Crippen LogP contribution in [0.1, 0.15) is 29.8 Å². The van der Waals surface area contributed by atoms with E-state index in [9.17, 15) is 4.79 Å². The summed E-state index contributed by atoms with van der Waals surface area (Å²) in [5, 5.41) is 8.71. The molecule has 0 bridgehead atoms. The summed E-state index contributed by atoms with van der Waals surface area (Å²) in [6.45, 7) is 6.96. The van der Waals surface area contributed by atoms with Gasteiger partial charge in [0.2, 0.25) is 0 Å². The molecule has 1 aliphatic rings. The van der Waals surface area contributed by atoms with Crippen molar-refractivity contribution in [3.05, 3.63) is 35.4 Å². The molecule has 1 heterocycles. The maximum absolute atomic E-state index is 12.1. The zero-order valence-electron chi connectivity index (χ0n) is 10.9. The van der Waals surface area contributed by atoms with Crippen molar-refractivity contribution in [1.82, 2.24) is 4.90 Å². The SMILES string of the molecule is CC1CN(CC(=O)c2ccc(C#N)cc2)CC1C. The summed E-state index contributed by atoms with van der Waals surface area (Å²) >= 11 is 0. The second-order valence-corrected chi connectivity index (χ2v) is 5.26. The van der Waals surface area contributed by atoms with Crippen LogP contribution in [0.25, 0.3) is 0 Å². The maximum Gasteiger partial charge on any atom is 0.176 e. The Morgan fingerprint density at radius 1 is 1.28 bits per heavy atom. The zero-order valence-corrected chi connectivity index (χ0v) is 10.9. The van der Waals surface area contributed by atoms with Crippen molar-refractivity contribution < 1.29 is 4.79 Å². The fourth-order valence-electron chi connectivity index (χ4n) is 2.40. The van der Waals surface area contributed by atoms with Gasteiger partial charge in [-0.2, -0.15) is 5.26 Å². The number of carbonyl (C=O) groups is 1. The Morgan fingerprint density at radius 2 is 1.83 bits per heavy atom. The quantitative estimate of drug-likeness (QED) is 0.764. The minimum absolute atomic E-state index is 0.140. The molecule has 0 aromatic heterocycles. The highest BCUT2D eigenvalue weighted by atomic mass is 16.1. The number of nitrogens with zero attached hydrogens (tertiary/aromatic N) is 2. The van der Waals surface area contributed by atoms with Crippen molar-refractivity contribution in [2.75, 3.05) is 19.6 Å². The highest BCUT2D eigenvalue weighted by Crippen LogP contribution is 2.22. The molecule has 0 spiro atoms. The van der Waals surface area contributed by atoms with E-state index in [1.54, 1.807) is 24.3 Å². The molecule has 1 aromatic rings. The van der Waals surface area contributed by atoms with Gasteiger partial charge >= 0.3 is 0 Å². The average molecular weight is 242 g/mol. The molecule has 0 aliphatic carbocycles. The van der Waals surface area contributed by atoms with E-state index in [0.717, 1.165) is 13.1 Å².